The molecule has 0 saturated carbocycles. The van der Waals surface area contributed by atoms with Gasteiger partial charge in [-0.1, -0.05) is 11.2 Å². The lowest BCUT2D eigenvalue weighted by Gasteiger charge is -2.12. The second-order valence-corrected chi connectivity index (χ2v) is 7.02. The SMILES string of the molecule is CCN(C)/C=N/c1ccc2c(c1)ncn2C/C(COc1cccc(C(F)(F)F)c1)=N/OC. The monoisotopic (exact) mass is 447 g/mol. The summed E-state index contributed by atoms with van der Waals surface area (Å²) in [4.78, 5) is 15.7. The molecule has 0 N–H and O–H groups in total. The van der Waals surface area contributed by atoms with Crippen molar-refractivity contribution in [2.45, 2.75) is 19.6 Å². The van der Waals surface area contributed by atoms with Gasteiger partial charge < -0.3 is 19.0 Å². The molecule has 3 aromatic rings. The molecule has 10 heteroatoms. The van der Waals surface area contributed by atoms with Gasteiger partial charge >= 0.3 is 6.18 Å². The Morgan fingerprint density at radius 2 is 2.03 bits per heavy atom. The first-order chi connectivity index (χ1) is 15.3. The predicted molar refractivity (Wildman–Crippen MR) is 118 cm³/mol. The molecule has 0 radical (unpaired) electrons. The zero-order valence-electron chi connectivity index (χ0n) is 18.0. The summed E-state index contributed by atoms with van der Waals surface area (Å²) in [5, 5.41) is 3.96. The topological polar surface area (TPSA) is 64.2 Å². The van der Waals surface area contributed by atoms with Gasteiger partial charge in [0.15, 0.2) is 0 Å². The van der Waals surface area contributed by atoms with Crippen LogP contribution in [0.15, 0.2) is 58.9 Å². The highest BCUT2D eigenvalue weighted by atomic mass is 19.4. The van der Waals surface area contributed by atoms with E-state index in [1.165, 1.54) is 19.2 Å². The van der Waals surface area contributed by atoms with Gasteiger partial charge in [-0.05, 0) is 43.3 Å². The average Bonchev–Trinajstić information content (AvgIpc) is 3.17. The van der Waals surface area contributed by atoms with Crippen molar-refractivity contribution in [3.8, 4) is 5.75 Å². The van der Waals surface area contributed by atoms with E-state index < -0.39 is 11.7 Å². The number of benzene rings is 2. The smallest absolute Gasteiger partial charge is 0.416 e. The van der Waals surface area contributed by atoms with E-state index >= 15 is 0 Å². The van der Waals surface area contributed by atoms with Crippen molar-refractivity contribution >= 4 is 28.8 Å². The van der Waals surface area contributed by atoms with Crippen molar-refractivity contribution < 1.29 is 22.7 Å². The van der Waals surface area contributed by atoms with Crippen LogP contribution in [-0.4, -0.2) is 53.8 Å². The number of aromatic nitrogens is 2. The summed E-state index contributed by atoms with van der Waals surface area (Å²) in [5.41, 5.74) is 2.10. The zero-order valence-corrected chi connectivity index (χ0v) is 18.0. The first kappa shape index (κ1) is 23.1. The third-order valence-electron chi connectivity index (χ3n) is 4.65. The van der Waals surface area contributed by atoms with Gasteiger partial charge in [0.1, 0.15) is 25.2 Å². The molecule has 0 amide bonds. The van der Waals surface area contributed by atoms with Crippen molar-refractivity contribution in [3.63, 3.8) is 0 Å². The van der Waals surface area contributed by atoms with Crippen LogP contribution >= 0.6 is 0 Å². The summed E-state index contributed by atoms with van der Waals surface area (Å²) in [6, 6.07) is 10.4. The van der Waals surface area contributed by atoms with Crippen LogP contribution in [0.5, 0.6) is 5.75 Å². The second kappa shape index (κ2) is 10.2. The van der Waals surface area contributed by atoms with E-state index in [-0.39, 0.29) is 12.4 Å². The number of ether oxygens (including phenoxy) is 1. The molecule has 0 aliphatic rings. The number of hydrogen-bond donors (Lipinski definition) is 0. The number of oxime groups is 1. The highest BCUT2D eigenvalue weighted by Gasteiger charge is 2.30. The van der Waals surface area contributed by atoms with Gasteiger partial charge in [0, 0.05) is 13.6 Å². The van der Waals surface area contributed by atoms with Crippen molar-refractivity contribution in [1.29, 1.82) is 0 Å². The maximum atomic E-state index is 12.9. The van der Waals surface area contributed by atoms with Crippen LogP contribution in [0.2, 0.25) is 0 Å². The lowest BCUT2D eigenvalue weighted by atomic mass is 10.2. The van der Waals surface area contributed by atoms with E-state index in [2.05, 4.69) is 15.1 Å². The minimum Gasteiger partial charge on any atom is -0.487 e. The number of alkyl halides is 3. The molecule has 32 heavy (non-hydrogen) atoms. The molecular weight excluding hydrogens is 423 g/mol. The first-order valence-electron chi connectivity index (χ1n) is 9.88. The molecule has 0 fully saturated rings. The summed E-state index contributed by atoms with van der Waals surface area (Å²) in [6.45, 7) is 3.14. The summed E-state index contributed by atoms with van der Waals surface area (Å²) >= 11 is 0. The molecule has 0 aliphatic carbocycles. The fraction of sp³-hybridized carbons (Fsp3) is 0.318. The number of aliphatic imine (C=N–C) groups is 1. The molecule has 0 aliphatic heterocycles. The Hall–Kier alpha value is -3.56. The van der Waals surface area contributed by atoms with Crippen molar-refractivity contribution in [2.24, 2.45) is 10.1 Å². The van der Waals surface area contributed by atoms with E-state index in [0.717, 1.165) is 35.4 Å². The minimum atomic E-state index is -4.44. The van der Waals surface area contributed by atoms with Crippen LogP contribution in [0.4, 0.5) is 18.9 Å². The molecule has 1 aromatic heterocycles. The number of hydrogen-bond acceptors (Lipinski definition) is 5. The molecule has 170 valence electrons. The Morgan fingerprint density at radius 1 is 1.22 bits per heavy atom. The van der Waals surface area contributed by atoms with E-state index in [9.17, 15) is 13.2 Å². The lowest BCUT2D eigenvalue weighted by Crippen LogP contribution is -2.18. The van der Waals surface area contributed by atoms with Gasteiger partial charge in [-0.2, -0.15) is 13.2 Å². The van der Waals surface area contributed by atoms with E-state index in [1.54, 1.807) is 12.7 Å². The fourth-order valence-electron chi connectivity index (χ4n) is 2.86. The molecule has 1 heterocycles. The highest BCUT2D eigenvalue weighted by Crippen LogP contribution is 2.31. The van der Waals surface area contributed by atoms with Gasteiger partial charge in [-0.15, -0.1) is 0 Å². The van der Waals surface area contributed by atoms with E-state index in [4.69, 9.17) is 9.57 Å². The number of fused-ring (bicyclic) bond motifs is 1. The molecule has 7 nitrogen and oxygen atoms in total. The largest absolute Gasteiger partial charge is 0.487 e. The molecule has 2 aromatic carbocycles. The summed E-state index contributed by atoms with van der Waals surface area (Å²) < 4.78 is 46.1. The Labute approximate surface area is 183 Å². The standard InChI is InChI=1S/C22H24F3N5O2/c1-4-29(2)14-26-17-8-9-21-20(11-17)27-15-30(21)12-18(28-31-3)13-32-19-7-5-6-16(10-19)22(23,24)25/h5-11,14-15H,4,12-13H2,1-3H3/b26-14+,28-18-. The van der Waals surface area contributed by atoms with Crippen LogP contribution in [0.3, 0.4) is 0 Å². The Kier molecular flexibility index (Phi) is 7.34. The van der Waals surface area contributed by atoms with E-state index in [0.29, 0.717) is 12.3 Å². The average molecular weight is 447 g/mol. The lowest BCUT2D eigenvalue weighted by molar-refractivity contribution is -0.137. The van der Waals surface area contributed by atoms with Crippen LogP contribution < -0.4 is 4.74 Å². The molecule has 0 atom stereocenters. The number of halogens is 3. The van der Waals surface area contributed by atoms with Gasteiger partial charge in [-0.3, -0.25) is 0 Å². The van der Waals surface area contributed by atoms with Gasteiger partial charge in [0.2, 0.25) is 0 Å². The fourth-order valence-corrected chi connectivity index (χ4v) is 2.86. The molecule has 0 bridgehead atoms. The Bertz CT molecular complexity index is 1110. The highest BCUT2D eigenvalue weighted by molar-refractivity contribution is 5.87. The van der Waals surface area contributed by atoms with Crippen LogP contribution in [0.1, 0.15) is 12.5 Å². The molecule has 0 unspecified atom stereocenters. The van der Waals surface area contributed by atoms with Gasteiger partial charge in [0.05, 0.1) is 41.5 Å². The maximum absolute atomic E-state index is 12.9. The third-order valence-corrected chi connectivity index (χ3v) is 4.65. The Balaban J connectivity index is 1.72. The zero-order chi connectivity index (χ0) is 23.1. The predicted octanol–water partition coefficient (Wildman–Crippen LogP) is 4.75. The number of nitrogens with zero attached hydrogens (tertiary/aromatic N) is 5. The van der Waals surface area contributed by atoms with Gasteiger partial charge in [-0.25, -0.2) is 9.98 Å². The molecule has 3 rings (SSSR count). The second-order valence-electron chi connectivity index (χ2n) is 7.02. The normalized spacial score (nSPS) is 12.5. The van der Waals surface area contributed by atoms with Crippen molar-refractivity contribution in [3.05, 3.63) is 54.4 Å². The Morgan fingerprint density at radius 3 is 2.75 bits per heavy atom. The summed E-state index contributed by atoms with van der Waals surface area (Å²) in [5.74, 6) is 0.0960. The summed E-state index contributed by atoms with van der Waals surface area (Å²) in [7, 11) is 3.34. The van der Waals surface area contributed by atoms with Crippen LogP contribution in [0, 0.1) is 0 Å². The third kappa shape index (κ3) is 5.99. The van der Waals surface area contributed by atoms with Crippen LogP contribution in [0.25, 0.3) is 11.0 Å². The van der Waals surface area contributed by atoms with E-state index in [1.807, 2.05) is 41.6 Å². The minimum absolute atomic E-state index is 0.0411. The van der Waals surface area contributed by atoms with Gasteiger partial charge in [0.25, 0.3) is 0 Å². The summed E-state index contributed by atoms with van der Waals surface area (Å²) in [6.07, 6.45) is -1.02. The quantitative estimate of drug-likeness (QED) is 0.270. The van der Waals surface area contributed by atoms with Crippen molar-refractivity contribution in [1.82, 2.24) is 14.5 Å². The van der Waals surface area contributed by atoms with Crippen molar-refractivity contribution in [2.75, 3.05) is 27.3 Å². The van der Waals surface area contributed by atoms with Crippen LogP contribution in [-0.2, 0) is 17.6 Å². The number of imidazole rings is 1. The molecule has 0 saturated heterocycles. The molecular formula is C22H24F3N5O2. The maximum Gasteiger partial charge on any atom is 0.416 e. The molecule has 0 spiro atoms. The first-order valence-corrected chi connectivity index (χ1v) is 9.88. The number of rotatable bonds is 9.